The summed E-state index contributed by atoms with van der Waals surface area (Å²) in [5.74, 6) is -0.580. The van der Waals surface area contributed by atoms with E-state index >= 15 is 0 Å². The van der Waals surface area contributed by atoms with Crippen molar-refractivity contribution in [1.29, 1.82) is 0 Å². The molecule has 7 nitrogen and oxygen atoms in total. The van der Waals surface area contributed by atoms with E-state index in [1.165, 1.54) is 11.8 Å². The van der Waals surface area contributed by atoms with Crippen molar-refractivity contribution in [1.82, 2.24) is 9.47 Å². The summed E-state index contributed by atoms with van der Waals surface area (Å²) in [5.41, 5.74) is 7.46. The molecule has 0 aliphatic carbocycles. The van der Waals surface area contributed by atoms with Crippen molar-refractivity contribution in [2.24, 2.45) is 18.7 Å². The highest BCUT2D eigenvalue weighted by Gasteiger charge is 2.33. The summed E-state index contributed by atoms with van der Waals surface area (Å²) < 4.78 is 2.15. The second-order valence-corrected chi connectivity index (χ2v) is 10.2. The number of thiocarbonyl (C=S) groups is 1. The Morgan fingerprint density at radius 1 is 1.24 bits per heavy atom. The van der Waals surface area contributed by atoms with Crippen molar-refractivity contribution >= 4 is 62.8 Å². The number of thioether (sulfide) groups is 1. The zero-order valence-corrected chi connectivity index (χ0v) is 20.5. The predicted molar refractivity (Wildman–Crippen MR) is 138 cm³/mol. The van der Waals surface area contributed by atoms with Gasteiger partial charge in [0.15, 0.2) is 0 Å². The highest BCUT2D eigenvalue weighted by molar-refractivity contribution is 8.26. The minimum absolute atomic E-state index is 0.146. The van der Waals surface area contributed by atoms with Crippen molar-refractivity contribution in [3.63, 3.8) is 0 Å². The molecule has 174 valence electrons. The summed E-state index contributed by atoms with van der Waals surface area (Å²) in [6.45, 7) is 3.88. The Kier molecular flexibility index (Phi) is 6.90. The van der Waals surface area contributed by atoms with Gasteiger partial charge >= 0.3 is 0 Å². The number of para-hydroxylation sites is 1. The predicted octanol–water partition coefficient (Wildman–Crippen LogP) is 3.24. The van der Waals surface area contributed by atoms with Gasteiger partial charge in [0.2, 0.25) is 5.91 Å². The van der Waals surface area contributed by atoms with Gasteiger partial charge in [0, 0.05) is 38.0 Å². The Labute approximate surface area is 202 Å². The molecule has 2 amide bonds. The fourth-order valence-corrected chi connectivity index (χ4v) is 5.79. The quantitative estimate of drug-likeness (QED) is 0.500. The van der Waals surface area contributed by atoms with E-state index in [4.69, 9.17) is 18.0 Å². The van der Waals surface area contributed by atoms with Gasteiger partial charge in [-0.15, -0.1) is 0 Å². The maximum atomic E-state index is 13.5. The number of aromatic nitrogens is 1. The smallest absolute Gasteiger partial charge is 0.266 e. The lowest BCUT2D eigenvalue weighted by atomic mass is 9.94. The number of primary amides is 1. The topological polar surface area (TPSA) is 88.6 Å². The maximum Gasteiger partial charge on any atom is 0.266 e. The molecule has 2 aliphatic rings. The number of benzene rings is 1. The van der Waals surface area contributed by atoms with E-state index in [2.05, 4.69) is 11.8 Å². The molecule has 3 heterocycles. The van der Waals surface area contributed by atoms with Crippen LogP contribution < -0.4 is 16.2 Å². The normalized spacial score (nSPS) is 18.7. The highest BCUT2D eigenvalue weighted by atomic mass is 32.2. The zero-order valence-electron chi connectivity index (χ0n) is 18.9. The molecule has 2 aromatic rings. The van der Waals surface area contributed by atoms with Gasteiger partial charge in [0.25, 0.3) is 11.5 Å². The van der Waals surface area contributed by atoms with Crippen LogP contribution in [-0.4, -0.2) is 45.2 Å². The minimum atomic E-state index is -0.278. The number of carbonyl (C=O) groups excluding carboxylic acids is 2. The van der Waals surface area contributed by atoms with Crippen LogP contribution in [-0.2, 0) is 16.6 Å². The standard InChI is InChI=1S/C24H28N4O3S2/c1-3-4-11-28-23(31)19(33-24(28)32)14-17-20(27-12-9-15(10-13-27)21(25)29)16-7-5-6-8-18(16)26(2)22(17)30/h5-8,14-15H,3-4,9-13H2,1-2H3,(H2,25,29). The first-order valence-electron chi connectivity index (χ1n) is 11.2. The van der Waals surface area contributed by atoms with Crippen molar-refractivity contribution < 1.29 is 9.59 Å². The van der Waals surface area contributed by atoms with Crippen LogP contribution in [0.25, 0.3) is 17.0 Å². The minimum Gasteiger partial charge on any atom is -0.370 e. The number of pyridine rings is 1. The van der Waals surface area contributed by atoms with Gasteiger partial charge in [-0.2, -0.15) is 0 Å². The molecule has 2 saturated heterocycles. The third kappa shape index (κ3) is 4.44. The van der Waals surface area contributed by atoms with Gasteiger partial charge in [0.05, 0.1) is 21.7 Å². The Bertz CT molecular complexity index is 1210. The molecule has 0 unspecified atom stereocenters. The fourth-order valence-electron chi connectivity index (χ4n) is 4.50. The third-order valence-electron chi connectivity index (χ3n) is 6.41. The van der Waals surface area contributed by atoms with Crippen molar-refractivity contribution in [3.8, 4) is 0 Å². The monoisotopic (exact) mass is 484 g/mol. The summed E-state index contributed by atoms with van der Waals surface area (Å²) in [7, 11) is 1.75. The number of hydrogen-bond donors (Lipinski definition) is 1. The first-order valence-corrected chi connectivity index (χ1v) is 12.5. The van der Waals surface area contributed by atoms with Gasteiger partial charge in [-0.25, -0.2) is 0 Å². The van der Waals surface area contributed by atoms with Crippen molar-refractivity contribution in [2.75, 3.05) is 24.5 Å². The second-order valence-electron chi connectivity index (χ2n) is 8.49. The van der Waals surface area contributed by atoms with Gasteiger partial charge in [-0.3, -0.25) is 19.3 Å². The number of nitrogens with two attached hydrogens (primary N) is 1. The molecule has 33 heavy (non-hydrogen) atoms. The first kappa shape index (κ1) is 23.5. The molecular formula is C24H28N4O3S2. The summed E-state index contributed by atoms with van der Waals surface area (Å²) in [4.78, 5) is 42.5. The summed E-state index contributed by atoms with van der Waals surface area (Å²) >= 11 is 6.69. The number of aryl methyl sites for hydroxylation is 1. The Hall–Kier alpha value is -2.65. The number of hydrogen-bond acceptors (Lipinski definition) is 6. The fraction of sp³-hybridized carbons (Fsp3) is 0.417. The number of piperidine rings is 1. The maximum absolute atomic E-state index is 13.5. The second kappa shape index (κ2) is 9.69. The van der Waals surface area contributed by atoms with Crippen molar-refractivity contribution in [2.45, 2.75) is 32.6 Å². The molecule has 1 aromatic heterocycles. The van der Waals surface area contributed by atoms with E-state index in [1.807, 2.05) is 24.3 Å². The van der Waals surface area contributed by atoms with Crippen LogP contribution in [0.2, 0.25) is 0 Å². The average Bonchev–Trinajstić information content (AvgIpc) is 3.08. The molecule has 0 atom stereocenters. The molecule has 4 rings (SSSR count). The molecular weight excluding hydrogens is 456 g/mol. The Balaban J connectivity index is 1.82. The van der Waals surface area contributed by atoms with E-state index in [0.29, 0.717) is 47.3 Å². The lowest BCUT2D eigenvalue weighted by Gasteiger charge is -2.34. The summed E-state index contributed by atoms with van der Waals surface area (Å²) in [5, 5.41) is 0.935. The Morgan fingerprint density at radius 3 is 2.61 bits per heavy atom. The SMILES string of the molecule is CCCCN1C(=O)C(=Cc2c(N3CCC(C(N)=O)CC3)c3ccccc3n(C)c2=O)SC1=S. The first-order chi connectivity index (χ1) is 15.8. The van der Waals surface area contributed by atoms with E-state index in [-0.39, 0.29) is 23.3 Å². The molecule has 0 saturated carbocycles. The number of fused-ring (bicyclic) bond motifs is 1. The molecule has 0 bridgehead atoms. The molecule has 2 N–H and O–H groups in total. The molecule has 1 aromatic carbocycles. The van der Waals surface area contributed by atoms with Crippen LogP contribution in [0.5, 0.6) is 0 Å². The Morgan fingerprint density at radius 2 is 1.94 bits per heavy atom. The van der Waals surface area contributed by atoms with Crippen LogP contribution in [0.15, 0.2) is 34.0 Å². The number of amides is 2. The van der Waals surface area contributed by atoms with E-state index in [0.717, 1.165) is 29.4 Å². The van der Waals surface area contributed by atoms with Crippen LogP contribution in [0.1, 0.15) is 38.2 Å². The van der Waals surface area contributed by atoms with E-state index < -0.39 is 0 Å². The number of carbonyl (C=O) groups is 2. The number of anilines is 1. The lowest BCUT2D eigenvalue weighted by molar-refractivity contribution is -0.123. The number of rotatable bonds is 6. The van der Waals surface area contributed by atoms with Crippen LogP contribution in [0.4, 0.5) is 5.69 Å². The van der Waals surface area contributed by atoms with E-state index in [9.17, 15) is 14.4 Å². The summed E-state index contributed by atoms with van der Waals surface area (Å²) in [6.07, 6.45) is 4.81. The molecule has 2 fully saturated rings. The largest absolute Gasteiger partial charge is 0.370 e. The van der Waals surface area contributed by atoms with Gasteiger partial charge in [0.1, 0.15) is 4.32 Å². The average molecular weight is 485 g/mol. The molecule has 0 radical (unpaired) electrons. The van der Waals surface area contributed by atoms with Crippen molar-refractivity contribution in [3.05, 3.63) is 45.1 Å². The molecule has 2 aliphatic heterocycles. The van der Waals surface area contributed by atoms with Gasteiger partial charge in [-0.1, -0.05) is 55.5 Å². The number of unbranched alkanes of at least 4 members (excludes halogenated alkanes) is 1. The van der Waals surface area contributed by atoms with E-state index in [1.54, 1.807) is 22.6 Å². The van der Waals surface area contributed by atoms with Crippen LogP contribution >= 0.6 is 24.0 Å². The molecule has 0 spiro atoms. The summed E-state index contributed by atoms with van der Waals surface area (Å²) in [6, 6.07) is 7.77. The molecule has 9 heteroatoms. The van der Waals surface area contributed by atoms with Gasteiger partial charge in [-0.05, 0) is 31.4 Å². The van der Waals surface area contributed by atoms with Crippen LogP contribution in [0, 0.1) is 5.92 Å². The number of nitrogens with zero attached hydrogens (tertiary/aromatic N) is 3. The third-order valence-corrected chi connectivity index (χ3v) is 7.79. The highest BCUT2D eigenvalue weighted by Crippen LogP contribution is 2.37. The lowest BCUT2D eigenvalue weighted by Crippen LogP contribution is -2.40. The van der Waals surface area contributed by atoms with Gasteiger partial charge < -0.3 is 15.2 Å². The zero-order chi connectivity index (χ0) is 23.7. The van der Waals surface area contributed by atoms with Crippen LogP contribution in [0.3, 0.4) is 0 Å².